The zero-order valence-corrected chi connectivity index (χ0v) is 8.28. The van der Waals surface area contributed by atoms with Crippen molar-refractivity contribution in [3.8, 4) is 0 Å². The Balaban J connectivity index is 2.72. The third-order valence-corrected chi connectivity index (χ3v) is 1.93. The summed E-state index contributed by atoms with van der Waals surface area (Å²) in [6.45, 7) is 2.22. The van der Waals surface area contributed by atoms with E-state index in [2.05, 4.69) is 42.1 Å². The standard InChI is InChI=1S/C6H13IS/c1-2-3-4-5-6(7)8/h6,8H,2-5H2,1H3. The second-order valence-corrected chi connectivity index (χ2v) is 5.04. The van der Waals surface area contributed by atoms with E-state index in [9.17, 15) is 0 Å². The lowest BCUT2D eigenvalue weighted by molar-refractivity contribution is 0.702. The molecule has 0 saturated heterocycles. The minimum atomic E-state index is 0.569. The van der Waals surface area contributed by atoms with Crippen LogP contribution in [0.15, 0.2) is 0 Å². The van der Waals surface area contributed by atoms with Gasteiger partial charge < -0.3 is 0 Å². The molecule has 0 aliphatic rings. The first kappa shape index (κ1) is 9.08. The van der Waals surface area contributed by atoms with Crippen LogP contribution in [0.4, 0.5) is 0 Å². The summed E-state index contributed by atoms with van der Waals surface area (Å²) < 4.78 is 0.569. The molecule has 50 valence electrons. The lowest BCUT2D eigenvalue weighted by Gasteiger charge is -1.98. The van der Waals surface area contributed by atoms with Crippen LogP contribution in [0.3, 0.4) is 0 Å². The highest BCUT2D eigenvalue weighted by atomic mass is 127. The van der Waals surface area contributed by atoms with Crippen molar-refractivity contribution in [2.75, 3.05) is 0 Å². The highest BCUT2D eigenvalue weighted by Crippen LogP contribution is 2.13. The number of thiol groups is 1. The first-order valence-corrected chi connectivity index (χ1v) is 4.85. The van der Waals surface area contributed by atoms with Gasteiger partial charge in [0, 0.05) is 0 Å². The Morgan fingerprint density at radius 2 is 2.12 bits per heavy atom. The number of alkyl halides is 1. The summed E-state index contributed by atoms with van der Waals surface area (Å²) in [4.78, 5) is 0. The molecule has 0 fully saturated rings. The molecule has 0 heterocycles. The molecule has 0 N–H and O–H groups in total. The van der Waals surface area contributed by atoms with Gasteiger partial charge in [0.25, 0.3) is 0 Å². The largest absolute Gasteiger partial charge is 0.165 e. The van der Waals surface area contributed by atoms with Gasteiger partial charge in [-0.05, 0) is 6.42 Å². The fourth-order valence-corrected chi connectivity index (χ4v) is 1.19. The van der Waals surface area contributed by atoms with Gasteiger partial charge in [-0.2, -0.15) is 12.6 Å². The molecule has 8 heavy (non-hydrogen) atoms. The van der Waals surface area contributed by atoms with Crippen molar-refractivity contribution in [1.82, 2.24) is 0 Å². The molecule has 0 aliphatic heterocycles. The Hall–Kier alpha value is 1.08. The minimum Gasteiger partial charge on any atom is -0.165 e. The summed E-state index contributed by atoms with van der Waals surface area (Å²) in [5.74, 6) is 0. The predicted molar refractivity (Wildman–Crippen MR) is 50.9 cm³/mol. The van der Waals surface area contributed by atoms with Gasteiger partial charge in [0.1, 0.15) is 0 Å². The zero-order chi connectivity index (χ0) is 6.41. The van der Waals surface area contributed by atoms with Gasteiger partial charge in [0.05, 0.1) is 3.26 Å². The highest BCUT2D eigenvalue weighted by Gasteiger charge is 1.93. The molecule has 0 aromatic heterocycles. The van der Waals surface area contributed by atoms with E-state index in [1.165, 1.54) is 25.7 Å². The number of unbranched alkanes of at least 4 members (excludes halogenated alkanes) is 2. The van der Waals surface area contributed by atoms with Crippen LogP contribution in [0.25, 0.3) is 0 Å². The normalized spacial score (nSPS) is 13.9. The van der Waals surface area contributed by atoms with E-state index in [0.717, 1.165) is 0 Å². The maximum atomic E-state index is 4.26. The number of rotatable bonds is 4. The molecule has 0 aliphatic carbocycles. The number of hydrogen-bond acceptors (Lipinski definition) is 1. The van der Waals surface area contributed by atoms with Crippen LogP contribution in [0.5, 0.6) is 0 Å². The van der Waals surface area contributed by atoms with Crippen molar-refractivity contribution in [2.24, 2.45) is 0 Å². The number of halogens is 1. The van der Waals surface area contributed by atoms with Crippen LogP contribution in [0.1, 0.15) is 32.6 Å². The predicted octanol–water partition coefficient (Wildman–Crippen LogP) is 3.26. The Labute approximate surface area is 71.0 Å². The van der Waals surface area contributed by atoms with E-state index >= 15 is 0 Å². The van der Waals surface area contributed by atoms with Gasteiger partial charge in [0.2, 0.25) is 0 Å². The van der Waals surface area contributed by atoms with Gasteiger partial charge in [-0.3, -0.25) is 0 Å². The van der Waals surface area contributed by atoms with Crippen LogP contribution >= 0.6 is 35.2 Å². The molecule has 0 bridgehead atoms. The maximum absolute atomic E-state index is 4.26. The Kier molecular flexibility index (Phi) is 7.04. The first-order chi connectivity index (χ1) is 3.77. The molecule has 0 nitrogen and oxygen atoms in total. The lowest BCUT2D eigenvalue weighted by Crippen LogP contribution is -1.84. The summed E-state index contributed by atoms with van der Waals surface area (Å²) in [5, 5.41) is 0. The van der Waals surface area contributed by atoms with Crippen molar-refractivity contribution in [3.05, 3.63) is 0 Å². The van der Waals surface area contributed by atoms with Crippen molar-refractivity contribution < 1.29 is 0 Å². The Morgan fingerprint density at radius 3 is 2.50 bits per heavy atom. The molecule has 0 aromatic carbocycles. The van der Waals surface area contributed by atoms with Crippen LogP contribution in [-0.4, -0.2) is 3.26 Å². The molecule has 0 spiro atoms. The Morgan fingerprint density at radius 1 is 1.50 bits per heavy atom. The fraction of sp³-hybridized carbons (Fsp3) is 1.00. The van der Waals surface area contributed by atoms with Crippen LogP contribution in [-0.2, 0) is 0 Å². The van der Waals surface area contributed by atoms with E-state index in [0.29, 0.717) is 3.26 Å². The summed E-state index contributed by atoms with van der Waals surface area (Å²) >= 11 is 6.60. The molecule has 0 rings (SSSR count). The van der Waals surface area contributed by atoms with Gasteiger partial charge in [-0.25, -0.2) is 0 Å². The van der Waals surface area contributed by atoms with E-state index in [1.807, 2.05) is 0 Å². The van der Waals surface area contributed by atoms with Gasteiger partial charge in [0.15, 0.2) is 0 Å². The summed E-state index contributed by atoms with van der Waals surface area (Å²) in [7, 11) is 0. The van der Waals surface area contributed by atoms with Crippen molar-refractivity contribution >= 4 is 35.2 Å². The molecular formula is C6H13IS. The van der Waals surface area contributed by atoms with Gasteiger partial charge >= 0.3 is 0 Å². The number of hydrogen-bond donors (Lipinski definition) is 1. The Bertz CT molecular complexity index is 45.8. The van der Waals surface area contributed by atoms with E-state index in [-0.39, 0.29) is 0 Å². The van der Waals surface area contributed by atoms with Crippen LogP contribution < -0.4 is 0 Å². The van der Waals surface area contributed by atoms with Gasteiger partial charge in [-0.15, -0.1) is 0 Å². The molecule has 0 amide bonds. The molecule has 0 aromatic rings. The van der Waals surface area contributed by atoms with E-state index < -0.39 is 0 Å². The minimum absolute atomic E-state index is 0.569. The quantitative estimate of drug-likeness (QED) is 0.333. The van der Waals surface area contributed by atoms with E-state index in [4.69, 9.17) is 0 Å². The van der Waals surface area contributed by atoms with Crippen molar-refractivity contribution in [2.45, 2.75) is 35.9 Å². The summed E-state index contributed by atoms with van der Waals surface area (Å²) in [6.07, 6.45) is 5.28. The molecule has 0 saturated carbocycles. The van der Waals surface area contributed by atoms with Gasteiger partial charge in [-0.1, -0.05) is 48.8 Å². The molecule has 1 atom stereocenters. The third kappa shape index (κ3) is 7.08. The second-order valence-electron chi connectivity index (χ2n) is 1.93. The smallest absolute Gasteiger partial charge is 0.0534 e. The lowest BCUT2D eigenvalue weighted by atomic mass is 10.2. The molecular weight excluding hydrogens is 231 g/mol. The fourth-order valence-electron chi connectivity index (χ4n) is 0.563. The summed E-state index contributed by atoms with van der Waals surface area (Å²) in [6, 6.07) is 0. The molecule has 1 unspecified atom stereocenters. The van der Waals surface area contributed by atoms with Crippen LogP contribution in [0.2, 0.25) is 0 Å². The molecule has 0 radical (unpaired) electrons. The molecule has 2 heteroatoms. The SMILES string of the molecule is CCCCCC(S)I. The van der Waals surface area contributed by atoms with Crippen LogP contribution in [0, 0.1) is 0 Å². The topological polar surface area (TPSA) is 0 Å². The summed E-state index contributed by atoms with van der Waals surface area (Å²) in [5.41, 5.74) is 0. The maximum Gasteiger partial charge on any atom is 0.0534 e. The van der Waals surface area contributed by atoms with Crippen molar-refractivity contribution in [3.63, 3.8) is 0 Å². The average Bonchev–Trinajstić information content (AvgIpc) is 1.66. The van der Waals surface area contributed by atoms with Crippen molar-refractivity contribution in [1.29, 1.82) is 0 Å². The highest BCUT2D eigenvalue weighted by molar-refractivity contribution is 14.1. The third-order valence-electron chi connectivity index (χ3n) is 1.05. The second kappa shape index (κ2) is 6.20. The zero-order valence-electron chi connectivity index (χ0n) is 5.23. The van der Waals surface area contributed by atoms with E-state index in [1.54, 1.807) is 0 Å². The average molecular weight is 244 g/mol. The first-order valence-electron chi connectivity index (χ1n) is 3.09. The monoisotopic (exact) mass is 244 g/mol.